The third-order valence-electron chi connectivity index (χ3n) is 5.59. The van der Waals surface area contributed by atoms with Crippen molar-refractivity contribution < 1.29 is 41.3 Å². The van der Waals surface area contributed by atoms with E-state index < -0.39 is 29.9 Å². The lowest BCUT2D eigenvalue weighted by Gasteiger charge is -2.37. The number of methoxy groups -OCH3 is 1. The zero-order chi connectivity index (χ0) is 28.4. The first-order chi connectivity index (χ1) is 17.7. The third-order valence-corrected chi connectivity index (χ3v) is 6.00. The summed E-state index contributed by atoms with van der Waals surface area (Å²) < 4.78 is 81.2. The number of carboxylic acids is 1. The summed E-state index contributed by atoms with van der Waals surface area (Å²) >= 11 is 6.48. The quantitative estimate of drug-likeness (QED) is 0.457. The Bertz CT molecular complexity index is 1350. The number of carbonyl (C=O) groups is 1. The van der Waals surface area contributed by atoms with Gasteiger partial charge in [-0.2, -0.15) is 27.2 Å². The van der Waals surface area contributed by atoms with Crippen LogP contribution in [-0.2, 0) is 9.53 Å². The van der Waals surface area contributed by atoms with Gasteiger partial charge in [-0.25, -0.2) is 0 Å². The Kier molecular flexibility index (Phi) is 8.33. The highest BCUT2D eigenvalue weighted by Crippen LogP contribution is 2.49. The Morgan fingerprint density at radius 2 is 1.89 bits per heavy atom. The standard InChI is InChI=1S/C23H17ClF5N3O2.C2H4O2/c1-12-10-31-18-11-34-20(14-4-3-5-17(33-2)19(14)24)15-8-13(9-30)6-7-16(15)32(18)21(12)22(25,26)23(27,28)29;1-2(3)4/h3-8,20H,10-11H2,1-2H3;1H3,(H,3,4)/t20-;/m1./s1. The number of benzene rings is 2. The van der Waals surface area contributed by atoms with Gasteiger partial charge in [0.05, 0.1) is 36.0 Å². The van der Waals surface area contributed by atoms with Crippen LogP contribution in [0.4, 0.5) is 27.6 Å². The van der Waals surface area contributed by atoms with Crippen LogP contribution in [-0.4, -0.2) is 49.3 Å². The van der Waals surface area contributed by atoms with Gasteiger partial charge in [0.2, 0.25) is 0 Å². The summed E-state index contributed by atoms with van der Waals surface area (Å²) in [6.07, 6.45) is -6.83. The summed E-state index contributed by atoms with van der Waals surface area (Å²) in [5.74, 6) is -5.78. The number of anilines is 1. The first kappa shape index (κ1) is 28.9. The zero-order valence-electron chi connectivity index (χ0n) is 20.2. The average Bonchev–Trinajstić information content (AvgIpc) is 2.99. The maximum absolute atomic E-state index is 14.8. The van der Waals surface area contributed by atoms with Crippen molar-refractivity contribution in [1.82, 2.24) is 0 Å². The molecule has 0 amide bonds. The summed E-state index contributed by atoms with van der Waals surface area (Å²) in [5.41, 5.74) is -0.742. The maximum atomic E-state index is 14.8. The predicted molar refractivity (Wildman–Crippen MR) is 129 cm³/mol. The second kappa shape index (κ2) is 11.0. The molecule has 0 fully saturated rings. The maximum Gasteiger partial charge on any atom is 0.459 e. The molecule has 0 radical (unpaired) electrons. The molecule has 38 heavy (non-hydrogen) atoms. The van der Waals surface area contributed by atoms with Crippen molar-refractivity contribution in [2.24, 2.45) is 4.99 Å². The molecule has 2 aromatic carbocycles. The fourth-order valence-corrected chi connectivity index (χ4v) is 4.32. The van der Waals surface area contributed by atoms with Crippen molar-refractivity contribution in [3.63, 3.8) is 0 Å². The van der Waals surface area contributed by atoms with Gasteiger partial charge in [-0.05, 0) is 36.8 Å². The highest BCUT2D eigenvalue weighted by molar-refractivity contribution is 6.33. The average molecular weight is 558 g/mol. The number of nitrogens with zero attached hydrogens (tertiary/aromatic N) is 3. The number of aliphatic carboxylic acids is 1. The van der Waals surface area contributed by atoms with Crippen LogP contribution in [0.5, 0.6) is 5.75 Å². The van der Waals surface area contributed by atoms with Crippen LogP contribution in [0.15, 0.2) is 52.7 Å². The Morgan fingerprint density at radius 3 is 2.47 bits per heavy atom. The molecule has 0 spiro atoms. The molecule has 2 aliphatic rings. The van der Waals surface area contributed by atoms with Gasteiger partial charge in [0.25, 0.3) is 5.97 Å². The van der Waals surface area contributed by atoms with E-state index in [1.54, 1.807) is 18.2 Å². The number of carboxylic acid groups (broad SMARTS) is 1. The first-order valence-electron chi connectivity index (χ1n) is 10.9. The highest BCUT2D eigenvalue weighted by atomic mass is 35.5. The fourth-order valence-electron chi connectivity index (χ4n) is 4.02. The molecule has 2 aromatic rings. The van der Waals surface area contributed by atoms with Crippen molar-refractivity contribution in [3.8, 4) is 11.8 Å². The Morgan fingerprint density at radius 1 is 1.24 bits per heavy atom. The minimum atomic E-state index is -5.83. The monoisotopic (exact) mass is 557 g/mol. The number of nitriles is 1. The second-order valence-electron chi connectivity index (χ2n) is 8.23. The fraction of sp³-hybridized carbons (Fsp3) is 0.320. The van der Waals surface area contributed by atoms with Gasteiger partial charge in [-0.1, -0.05) is 23.7 Å². The summed E-state index contributed by atoms with van der Waals surface area (Å²) in [7, 11) is 1.41. The van der Waals surface area contributed by atoms with Crippen molar-refractivity contribution in [3.05, 3.63) is 69.4 Å². The molecular weight excluding hydrogens is 537 g/mol. The molecule has 2 heterocycles. The molecule has 0 saturated carbocycles. The molecule has 0 bridgehead atoms. The smallest absolute Gasteiger partial charge is 0.459 e. The molecule has 2 aliphatic heterocycles. The van der Waals surface area contributed by atoms with E-state index in [4.69, 9.17) is 31.0 Å². The number of hydrogen-bond acceptors (Lipinski definition) is 6. The van der Waals surface area contributed by atoms with Gasteiger partial charge >= 0.3 is 12.1 Å². The molecule has 0 saturated heterocycles. The number of rotatable bonds is 3. The topological polar surface area (TPSA) is 95.2 Å². The minimum absolute atomic E-state index is 0.0166. The summed E-state index contributed by atoms with van der Waals surface area (Å²) in [6, 6.07) is 10.8. The summed E-state index contributed by atoms with van der Waals surface area (Å²) in [6.45, 7) is 1.55. The van der Waals surface area contributed by atoms with Crippen LogP contribution in [0.3, 0.4) is 0 Å². The molecule has 0 unspecified atom stereocenters. The number of alkyl halides is 5. The van der Waals surface area contributed by atoms with Crippen LogP contribution >= 0.6 is 11.6 Å². The molecule has 1 atom stereocenters. The van der Waals surface area contributed by atoms with E-state index in [-0.39, 0.29) is 46.4 Å². The van der Waals surface area contributed by atoms with E-state index in [1.807, 2.05) is 6.07 Å². The van der Waals surface area contributed by atoms with Crippen molar-refractivity contribution in [2.75, 3.05) is 25.2 Å². The van der Waals surface area contributed by atoms with Crippen molar-refractivity contribution in [1.29, 1.82) is 5.26 Å². The molecule has 4 rings (SSSR count). The molecule has 0 aromatic heterocycles. The lowest BCUT2D eigenvalue weighted by atomic mass is 9.96. The van der Waals surface area contributed by atoms with Gasteiger partial charge in [0.1, 0.15) is 30.0 Å². The molecule has 0 aliphatic carbocycles. The largest absolute Gasteiger partial charge is 0.495 e. The zero-order valence-corrected chi connectivity index (χ0v) is 21.0. The molecule has 7 nitrogen and oxygen atoms in total. The lowest BCUT2D eigenvalue weighted by molar-refractivity contribution is -0.264. The van der Waals surface area contributed by atoms with E-state index in [0.717, 1.165) is 11.8 Å². The lowest BCUT2D eigenvalue weighted by Crippen LogP contribution is -2.50. The van der Waals surface area contributed by atoms with E-state index >= 15 is 0 Å². The van der Waals surface area contributed by atoms with Gasteiger partial charge in [0, 0.05) is 18.1 Å². The third kappa shape index (κ3) is 5.44. The first-order valence-corrected chi connectivity index (χ1v) is 11.3. The summed E-state index contributed by atoms with van der Waals surface area (Å²) in [5, 5.41) is 17.0. The molecule has 202 valence electrons. The van der Waals surface area contributed by atoms with Crippen molar-refractivity contribution >= 4 is 29.1 Å². The molecular formula is C25H21ClF5N3O4. The molecule has 1 N–H and O–H groups in total. The van der Waals surface area contributed by atoms with Crippen molar-refractivity contribution in [2.45, 2.75) is 32.1 Å². The minimum Gasteiger partial charge on any atom is -0.495 e. The summed E-state index contributed by atoms with van der Waals surface area (Å²) in [4.78, 5) is 14.0. The number of hydrogen-bond donors (Lipinski definition) is 1. The Labute approximate surface area is 219 Å². The number of allylic oxidation sites excluding steroid dienone is 1. The number of amidine groups is 1. The van der Waals surface area contributed by atoms with E-state index in [2.05, 4.69) is 4.99 Å². The van der Waals surface area contributed by atoms with Crippen LogP contribution < -0.4 is 9.64 Å². The Balaban J connectivity index is 0.000000934. The predicted octanol–water partition coefficient (Wildman–Crippen LogP) is 6.12. The van der Waals surface area contributed by atoms with E-state index in [1.165, 1.54) is 32.2 Å². The van der Waals surface area contributed by atoms with Gasteiger partial charge < -0.3 is 14.6 Å². The van der Waals surface area contributed by atoms with Crippen LogP contribution in [0.25, 0.3) is 0 Å². The van der Waals surface area contributed by atoms with Crippen LogP contribution in [0, 0.1) is 11.3 Å². The number of halogens is 6. The van der Waals surface area contributed by atoms with Gasteiger partial charge in [-0.15, -0.1) is 0 Å². The normalized spacial score (nSPS) is 17.2. The SMILES string of the molecule is CC(=O)O.COc1cccc([C@H]2OCC3=NCC(C)=C(C(F)(F)C(F)(F)F)N3c3ccc(C#N)cc32)c1Cl. The van der Waals surface area contributed by atoms with Crippen LogP contribution in [0.2, 0.25) is 5.02 Å². The Hall–Kier alpha value is -3.69. The van der Waals surface area contributed by atoms with Crippen LogP contribution in [0.1, 0.15) is 36.6 Å². The molecule has 13 heteroatoms. The van der Waals surface area contributed by atoms with Gasteiger partial charge in [-0.3, -0.25) is 14.7 Å². The van der Waals surface area contributed by atoms with E-state index in [9.17, 15) is 27.2 Å². The highest BCUT2D eigenvalue weighted by Gasteiger charge is 2.63. The number of aliphatic imine (C=N–C) groups is 1. The van der Waals surface area contributed by atoms with E-state index in [0.29, 0.717) is 11.3 Å². The van der Waals surface area contributed by atoms with Gasteiger partial charge in [0.15, 0.2) is 0 Å². The number of ether oxygens (including phenoxy) is 2. The number of fused-ring (bicyclic) bond motifs is 3. The second-order valence-corrected chi connectivity index (χ2v) is 8.61.